The summed E-state index contributed by atoms with van der Waals surface area (Å²) >= 11 is 5.67. The molecule has 2 rings (SSSR count). The van der Waals surface area contributed by atoms with E-state index in [4.69, 9.17) is 25.8 Å². The fourth-order valence-electron chi connectivity index (χ4n) is 6.07. The van der Waals surface area contributed by atoms with Crippen LogP contribution in [0.1, 0.15) is 105 Å². The van der Waals surface area contributed by atoms with E-state index < -0.39 is 22.7 Å². The highest BCUT2D eigenvalue weighted by Crippen LogP contribution is 2.30. The number of aromatic nitrogens is 2. The van der Waals surface area contributed by atoms with Gasteiger partial charge in [-0.1, -0.05) is 44.5 Å². The van der Waals surface area contributed by atoms with Gasteiger partial charge >= 0.3 is 12.0 Å². The molecule has 1 saturated heterocycles. The highest BCUT2D eigenvalue weighted by Gasteiger charge is 2.41. The summed E-state index contributed by atoms with van der Waals surface area (Å²) in [4.78, 5) is 55.2. The van der Waals surface area contributed by atoms with E-state index in [1.54, 1.807) is 20.8 Å². The van der Waals surface area contributed by atoms with E-state index in [-0.39, 0.29) is 42.2 Å². The van der Waals surface area contributed by atoms with Crippen molar-refractivity contribution in [3.63, 3.8) is 0 Å². The van der Waals surface area contributed by atoms with E-state index in [9.17, 15) is 24.5 Å². The fraction of sp³-hybridized carbons (Fsp3) is 0.833. The van der Waals surface area contributed by atoms with Crippen molar-refractivity contribution in [3.05, 3.63) is 22.5 Å². The van der Waals surface area contributed by atoms with Crippen LogP contribution in [0.25, 0.3) is 0 Å². The number of imidazole rings is 1. The molecule has 1 aliphatic rings. The number of likely N-dealkylation sites (tertiary alicyclic amines) is 1. The summed E-state index contributed by atoms with van der Waals surface area (Å²) in [5.41, 5.74) is -0.929. The Kier molecular flexibility index (Phi) is 21.1. The van der Waals surface area contributed by atoms with Crippen LogP contribution in [-0.4, -0.2) is 113 Å². The van der Waals surface area contributed by atoms with Crippen molar-refractivity contribution in [3.8, 4) is 0 Å². The molecule has 3 amide bonds. The molecule has 1 aromatic heterocycles. The molecule has 3 N–H and O–H groups in total. The number of unbranched alkanes of at least 4 members (excludes halogenated alkanes) is 6. The summed E-state index contributed by atoms with van der Waals surface area (Å²) in [6.45, 7) is 14.9. The Morgan fingerprint density at radius 1 is 1.00 bits per heavy atom. The summed E-state index contributed by atoms with van der Waals surface area (Å²) in [5.74, 6) is 0.174. The third-order valence-corrected chi connectivity index (χ3v) is 9.10. The number of halogens is 1. The molecule has 1 aliphatic heterocycles. The lowest BCUT2D eigenvalue weighted by molar-refractivity contribution is -0.396. The van der Waals surface area contributed by atoms with Gasteiger partial charge in [-0.25, -0.2) is 9.36 Å². The molecule has 0 unspecified atom stereocenters. The van der Waals surface area contributed by atoms with Gasteiger partial charge in [0.05, 0.1) is 26.4 Å². The average molecular weight is 758 g/mol. The predicted octanol–water partition coefficient (Wildman–Crippen LogP) is 5.19. The number of hydrogen-bond donors (Lipinski definition) is 3. The molecular formula is C36H64ClN7O8. The molecule has 0 aliphatic carbocycles. The average Bonchev–Trinajstić information content (AvgIpc) is 3.65. The number of ether oxygens (including phenoxy) is 3. The highest BCUT2D eigenvalue weighted by atomic mass is 35.5. The number of hydrogen-bond acceptors (Lipinski definition) is 10. The van der Waals surface area contributed by atoms with Crippen LogP contribution >= 0.6 is 11.6 Å². The second kappa shape index (κ2) is 24.3. The topological polar surface area (TPSA) is 179 Å². The number of aryl methyl sites for hydroxylation is 1. The maximum Gasteiger partial charge on any atom is 0.434 e. The lowest BCUT2D eigenvalue weighted by atomic mass is 9.87. The zero-order chi connectivity index (χ0) is 38.4. The van der Waals surface area contributed by atoms with Gasteiger partial charge in [-0.2, -0.15) is 0 Å². The first-order valence-electron chi connectivity index (χ1n) is 18.9. The van der Waals surface area contributed by atoms with Crippen molar-refractivity contribution in [2.45, 2.75) is 129 Å². The van der Waals surface area contributed by atoms with Crippen LogP contribution in [0.5, 0.6) is 0 Å². The first-order valence-corrected chi connectivity index (χ1v) is 19.4. The maximum absolute atomic E-state index is 13.6. The second-order valence-electron chi connectivity index (χ2n) is 15.1. The molecule has 15 nitrogen and oxygen atoms in total. The highest BCUT2D eigenvalue weighted by molar-refractivity contribution is 6.17. The van der Waals surface area contributed by atoms with Gasteiger partial charge in [0, 0.05) is 44.6 Å². The molecule has 0 spiro atoms. The Labute approximate surface area is 314 Å². The minimum Gasteiger partial charge on any atom is -0.444 e. The van der Waals surface area contributed by atoms with Crippen molar-refractivity contribution in [2.24, 2.45) is 5.41 Å². The largest absolute Gasteiger partial charge is 0.444 e. The monoisotopic (exact) mass is 757 g/mol. The molecule has 1 fully saturated rings. The minimum atomic E-state index is -0.877. The van der Waals surface area contributed by atoms with Gasteiger partial charge in [0.2, 0.25) is 11.8 Å². The van der Waals surface area contributed by atoms with E-state index in [0.717, 1.165) is 76.9 Å². The van der Waals surface area contributed by atoms with Gasteiger partial charge in [-0.05, 0) is 76.2 Å². The van der Waals surface area contributed by atoms with E-state index in [1.165, 1.54) is 17.0 Å². The molecule has 52 heavy (non-hydrogen) atoms. The van der Waals surface area contributed by atoms with Gasteiger partial charge in [0.15, 0.2) is 0 Å². The Hall–Kier alpha value is -3.01. The SMILES string of the molecule is CC(C)(C)OC(=O)N[C@@H](CCCn1ccnc1[N+](=O)[O-])C(=O)N[C@H]1CN(CCCCCCC(=O)NCCOCCOCCCCCCCl)CC1(C)C. The number of carbonyl (C=O) groups is 3. The van der Waals surface area contributed by atoms with Crippen molar-refractivity contribution in [2.75, 3.05) is 58.5 Å². The number of amides is 3. The number of rotatable bonds is 27. The molecule has 2 atom stereocenters. The van der Waals surface area contributed by atoms with Crippen molar-refractivity contribution >= 4 is 35.5 Å². The van der Waals surface area contributed by atoms with Crippen molar-refractivity contribution < 1.29 is 33.5 Å². The molecule has 0 aromatic carbocycles. The molecule has 0 radical (unpaired) electrons. The zero-order valence-electron chi connectivity index (χ0n) is 32.1. The Morgan fingerprint density at radius 2 is 1.69 bits per heavy atom. The van der Waals surface area contributed by atoms with Gasteiger partial charge in [-0.3, -0.25) is 9.59 Å². The van der Waals surface area contributed by atoms with Crippen LogP contribution in [0.3, 0.4) is 0 Å². The zero-order valence-corrected chi connectivity index (χ0v) is 32.8. The van der Waals surface area contributed by atoms with Crippen LogP contribution in [0.15, 0.2) is 12.4 Å². The number of carbonyl (C=O) groups excluding carboxylic acids is 3. The molecule has 1 aromatic rings. The van der Waals surface area contributed by atoms with Crippen LogP contribution in [0.4, 0.5) is 10.7 Å². The molecule has 0 bridgehead atoms. The molecule has 0 saturated carbocycles. The predicted molar refractivity (Wildman–Crippen MR) is 200 cm³/mol. The van der Waals surface area contributed by atoms with Crippen LogP contribution in [0, 0.1) is 15.5 Å². The van der Waals surface area contributed by atoms with Gasteiger partial charge in [0.25, 0.3) is 0 Å². The fourth-order valence-corrected chi connectivity index (χ4v) is 6.26. The first kappa shape index (κ1) is 45.1. The maximum atomic E-state index is 13.6. The second-order valence-corrected chi connectivity index (χ2v) is 15.5. The summed E-state index contributed by atoms with van der Waals surface area (Å²) in [6, 6.07) is -1.01. The summed E-state index contributed by atoms with van der Waals surface area (Å²) in [7, 11) is 0. The molecular weight excluding hydrogens is 694 g/mol. The molecule has 16 heteroatoms. The lowest BCUT2D eigenvalue weighted by Crippen LogP contribution is -2.53. The first-order chi connectivity index (χ1) is 24.7. The van der Waals surface area contributed by atoms with E-state index in [1.807, 2.05) is 0 Å². The number of nitrogens with one attached hydrogen (secondary N) is 3. The van der Waals surface area contributed by atoms with Gasteiger partial charge in [-0.15, -0.1) is 11.6 Å². The molecule has 298 valence electrons. The minimum absolute atomic E-state index is 0.0409. The van der Waals surface area contributed by atoms with Gasteiger partial charge < -0.3 is 45.2 Å². The summed E-state index contributed by atoms with van der Waals surface area (Å²) in [5, 5.41) is 20.0. The third kappa shape index (κ3) is 19.2. The van der Waals surface area contributed by atoms with E-state index in [2.05, 4.69) is 39.7 Å². The Balaban J connectivity index is 1.66. The Morgan fingerprint density at radius 3 is 2.40 bits per heavy atom. The number of alkyl halides is 1. The number of alkyl carbamates (subject to hydrolysis) is 1. The van der Waals surface area contributed by atoms with Crippen LogP contribution in [0.2, 0.25) is 0 Å². The lowest BCUT2D eigenvalue weighted by Gasteiger charge is -2.29. The summed E-state index contributed by atoms with van der Waals surface area (Å²) in [6.07, 6.45) is 11.5. The number of nitro groups is 1. The normalized spacial score (nSPS) is 16.4. The third-order valence-electron chi connectivity index (χ3n) is 8.83. The summed E-state index contributed by atoms with van der Waals surface area (Å²) < 4.78 is 17.9. The van der Waals surface area contributed by atoms with Crippen LogP contribution < -0.4 is 16.0 Å². The van der Waals surface area contributed by atoms with Crippen molar-refractivity contribution in [1.29, 1.82) is 0 Å². The quantitative estimate of drug-likeness (QED) is 0.0468. The molecule has 2 heterocycles. The standard InChI is InChI=1S/C36H64ClN7O8/c1-35(2,3)52-34(47)40-29(15-14-21-43-22-18-39-33(43)44(48)49)32(46)41-30-27-42(28-36(30,4)5)20-12-8-6-10-16-31(45)38-19-24-51-26-25-50-23-13-9-7-11-17-37/h18,22,29-30H,6-17,19-21,23-28H2,1-5H3,(H,38,45)(H,40,47)(H,41,46)/t29-,30-/m0/s1. The van der Waals surface area contributed by atoms with Gasteiger partial charge in [0.1, 0.15) is 24.0 Å². The van der Waals surface area contributed by atoms with Crippen LogP contribution in [-0.2, 0) is 30.3 Å². The number of nitrogens with zero attached hydrogens (tertiary/aromatic N) is 4. The smallest absolute Gasteiger partial charge is 0.434 e. The van der Waals surface area contributed by atoms with Crippen molar-refractivity contribution in [1.82, 2.24) is 30.4 Å². The van der Waals surface area contributed by atoms with E-state index >= 15 is 0 Å². The Bertz CT molecular complexity index is 1210. The van der Waals surface area contributed by atoms with E-state index in [0.29, 0.717) is 45.8 Å².